The highest BCUT2D eigenvalue weighted by Crippen LogP contribution is 2.44. The van der Waals surface area contributed by atoms with Gasteiger partial charge in [0.1, 0.15) is 11.4 Å². The van der Waals surface area contributed by atoms with Crippen molar-refractivity contribution in [3.05, 3.63) is 56.7 Å². The summed E-state index contributed by atoms with van der Waals surface area (Å²) in [5.41, 5.74) is 8.83. The van der Waals surface area contributed by atoms with Crippen LogP contribution in [0.5, 0.6) is 5.75 Å². The number of nitrogens with zero attached hydrogens (tertiary/aromatic N) is 5. The summed E-state index contributed by atoms with van der Waals surface area (Å²) in [6, 6.07) is 4.27. The van der Waals surface area contributed by atoms with Crippen LogP contribution in [0.4, 0.5) is 17.1 Å². The van der Waals surface area contributed by atoms with E-state index in [0.717, 1.165) is 0 Å². The lowest BCUT2D eigenvalue weighted by Gasteiger charge is -2.04. The number of ether oxygens (including phenoxy) is 1. The average molecular weight is 326 g/mol. The van der Waals surface area contributed by atoms with Gasteiger partial charge >= 0.3 is 0 Å². The van der Waals surface area contributed by atoms with Gasteiger partial charge < -0.3 is 14.6 Å². The van der Waals surface area contributed by atoms with Crippen molar-refractivity contribution in [2.24, 2.45) is 5.11 Å². The normalized spacial score (nSPS) is 14.0. The number of hydrogen-bond acceptors (Lipinski definition) is 5. The van der Waals surface area contributed by atoms with E-state index >= 15 is 0 Å². The highest BCUT2D eigenvalue weighted by Gasteiger charge is 2.31. The number of anilines is 1. The fraction of sp³-hybridized carbons (Fsp3) is 0.0714. The summed E-state index contributed by atoms with van der Waals surface area (Å²) in [4.78, 5) is 25.4. The fourth-order valence-electron chi connectivity index (χ4n) is 2.42. The van der Waals surface area contributed by atoms with E-state index < -0.39 is 10.8 Å². The van der Waals surface area contributed by atoms with Gasteiger partial charge in [0.25, 0.3) is 11.6 Å². The number of nitro benzene ring substituents is 1. The van der Waals surface area contributed by atoms with Gasteiger partial charge in [0.15, 0.2) is 0 Å². The molecule has 0 bridgehead atoms. The van der Waals surface area contributed by atoms with Crippen LogP contribution in [0, 0.1) is 10.1 Å². The molecular formula is C14H10N6O4. The summed E-state index contributed by atoms with van der Waals surface area (Å²) in [6.45, 7) is 0. The second-order valence-electron chi connectivity index (χ2n) is 4.80. The molecule has 0 saturated carbocycles. The van der Waals surface area contributed by atoms with E-state index in [4.69, 9.17) is 10.3 Å². The van der Waals surface area contributed by atoms with Gasteiger partial charge in [-0.2, -0.15) is 0 Å². The van der Waals surface area contributed by atoms with Gasteiger partial charge in [0, 0.05) is 28.9 Å². The minimum absolute atomic E-state index is 0.148. The molecule has 3 rings (SSSR count). The average Bonchev–Trinajstić information content (AvgIpc) is 3.13. The van der Waals surface area contributed by atoms with Gasteiger partial charge in [0.2, 0.25) is 0 Å². The van der Waals surface area contributed by atoms with E-state index in [9.17, 15) is 14.9 Å². The van der Waals surface area contributed by atoms with Crippen LogP contribution < -0.4 is 10.1 Å². The molecule has 1 aromatic carbocycles. The summed E-state index contributed by atoms with van der Waals surface area (Å²) >= 11 is 0. The lowest BCUT2D eigenvalue weighted by atomic mass is 10.0. The first-order valence-corrected chi connectivity index (χ1v) is 6.66. The molecule has 120 valence electrons. The van der Waals surface area contributed by atoms with Crippen molar-refractivity contribution in [3.63, 3.8) is 0 Å². The molecule has 0 aliphatic carbocycles. The zero-order valence-electron chi connectivity index (χ0n) is 12.3. The molecule has 0 spiro atoms. The molecule has 2 heterocycles. The van der Waals surface area contributed by atoms with Crippen LogP contribution in [-0.2, 0) is 4.79 Å². The first-order chi connectivity index (χ1) is 11.5. The van der Waals surface area contributed by atoms with Gasteiger partial charge in [-0.25, -0.2) is 0 Å². The zero-order chi connectivity index (χ0) is 17.3. The number of rotatable bonds is 4. The predicted molar refractivity (Wildman–Crippen MR) is 85.7 cm³/mol. The number of aromatic nitrogens is 1. The van der Waals surface area contributed by atoms with E-state index in [-0.39, 0.29) is 22.5 Å². The van der Waals surface area contributed by atoms with Gasteiger partial charge in [-0.3, -0.25) is 14.9 Å². The number of carbonyl (C=O) groups is 1. The van der Waals surface area contributed by atoms with Crippen molar-refractivity contribution in [3.8, 4) is 5.75 Å². The predicted octanol–water partition coefficient (Wildman–Crippen LogP) is 3.30. The molecule has 0 saturated heterocycles. The van der Waals surface area contributed by atoms with E-state index in [0.29, 0.717) is 11.4 Å². The highest BCUT2D eigenvalue weighted by atomic mass is 16.6. The summed E-state index contributed by atoms with van der Waals surface area (Å²) < 4.78 is 6.63. The molecule has 0 unspecified atom stereocenters. The molecular weight excluding hydrogens is 316 g/mol. The Kier molecular flexibility index (Phi) is 3.64. The first-order valence-electron chi connectivity index (χ1n) is 6.66. The van der Waals surface area contributed by atoms with E-state index in [1.54, 1.807) is 23.0 Å². The Hall–Kier alpha value is -3.78. The second kappa shape index (κ2) is 5.78. The molecule has 1 aromatic heterocycles. The van der Waals surface area contributed by atoms with Gasteiger partial charge in [-0.1, -0.05) is 5.11 Å². The SMILES string of the molecule is COc1ccn(C=C2C(=O)Nc3ccc([N+](=O)[O-])c(N=[N+]=[N-])c32)c1. The zero-order valence-corrected chi connectivity index (χ0v) is 12.3. The van der Waals surface area contributed by atoms with E-state index in [1.807, 2.05) is 0 Å². The summed E-state index contributed by atoms with van der Waals surface area (Å²) in [6.07, 6.45) is 4.76. The second-order valence-corrected chi connectivity index (χ2v) is 4.80. The van der Waals surface area contributed by atoms with Crippen molar-refractivity contribution in [2.75, 3.05) is 12.4 Å². The topological polar surface area (TPSA) is 135 Å². The maximum Gasteiger partial charge on any atom is 0.279 e. The van der Waals surface area contributed by atoms with Crippen molar-refractivity contribution in [2.45, 2.75) is 0 Å². The van der Waals surface area contributed by atoms with Crippen molar-refractivity contribution < 1.29 is 14.5 Å². The van der Waals surface area contributed by atoms with Crippen molar-refractivity contribution in [1.82, 2.24) is 4.57 Å². The molecule has 0 atom stereocenters. The van der Waals surface area contributed by atoms with Gasteiger partial charge in [-0.15, -0.1) is 0 Å². The fourth-order valence-corrected chi connectivity index (χ4v) is 2.42. The Bertz CT molecular complexity index is 939. The van der Waals surface area contributed by atoms with Crippen molar-refractivity contribution >= 4 is 34.7 Å². The standard InChI is InChI=1S/C14H10N6O4/c1-24-8-4-5-19(6-8)7-9-12-10(16-14(9)21)2-3-11(20(22)23)13(12)17-18-15/h2-7H,1H3,(H,16,21). The van der Waals surface area contributed by atoms with Crippen LogP contribution in [0.2, 0.25) is 0 Å². The number of benzene rings is 1. The number of nitro groups is 1. The number of methoxy groups -OCH3 is 1. The van der Waals surface area contributed by atoms with Crippen LogP contribution in [0.15, 0.2) is 35.7 Å². The Labute approximate surface area is 134 Å². The molecule has 0 radical (unpaired) electrons. The van der Waals surface area contributed by atoms with Gasteiger partial charge in [-0.05, 0) is 17.7 Å². The molecule has 10 nitrogen and oxygen atoms in total. The maximum atomic E-state index is 12.2. The molecule has 24 heavy (non-hydrogen) atoms. The Morgan fingerprint density at radius 2 is 2.25 bits per heavy atom. The number of azide groups is 1. The summed E-state index contributed by atoms with van der Waals surface area (Å²) in [5, 5.41) is 17.2. The molecule has 0 fully saturated rings. The monoisotopic (exact) mass is 326 g/mol. The van der Waals surface area contributed by atoms with Crippen LogP contribution in [0.3, 0.4) is 0 Å². The third kappa shape index (κ3) is 2.42. The largest absolute Gasteiger partial charge is 0.495 e. The smallest absolute Gasteiger partial charge is 0.279 e. The molecule has 2 aromatic rings. The van der Waals surface area contributed by atoms with E-state index in [2.05, 4.69) is 15.3 Å². The van der Waals surface area contributed by atoms with Gasteiger partial charge in [0.05, 0.1) is 29.5 Å². The number of hydrogen-bond donors (Lipinski definition) is 1. The molecule has 10 heteroatoms. The van der Waals surface area contributed by atoms with Crippen LogP contribution in [0.25, 0.3) is 22.2 Å². The third-order valence-electron chi connectivity index (χ3n) is 3.46. The quantitative estimate of drug-likeness (QED) is 0.230. The summed E-state index contributed by atoms with van der Waals surface area (Å²) in [7, 11) is 1.51. The van der Waals surface area contributed by atoms with E-state index in [1.165, 1.54) is 25.4 Å². The number of carbonyl (C=O) groups excluding carboxylic acids is 1. The van der Waals surface area contributed by atoms with Crippen LogP contribution in [0.1, 0.15) is 5.56 Å². The highest BCUT2D eigenvalue weighted by molar-refractivity contribution is 6.35. The first kappa shape index (κ1) is 15.1. The molecule has 1 amide bonds. The van der Waals surface area contributed by atoms with Crippen LogP contribution >= 0.6 is 0 Å². The third-order valence-corrected chi connectivity index (χ3v) is 3.46. The number of fused-ring (bicyclic) bond motifs is 1. The van der Waals surface area contributed by atoms with Crippen molar-refractivity contribution in [1.29, 1.82) is 0 Å². The Morgan fingerprint density at radius 3 is 2.88 bits per heavy atom. The minimum atomic E-state index is -0.663. The summed E-state index contributed by atoms with van der Waals surface area (Å²) in [5.74, 6) is 0.132. The minimum Gasteiger partial charge on any atom is -0.495 e. The Morgan fingerprint density at radius 1 is 1.46 bits per heavy atom. The number of amides is 1. The lowest BCUT2D eigenvalue weighted by molar-refractivity contribution is -0.384. The molecule has 1 aliphatic heterocycles. The Balaban J connectivity index is 2.22. The number of nitrogens with one attached hydrogen (secondary N) is 1. The maximum absolute atomic E-state index is 12.2. The molecule has 1 N–H and O–H groups in total. The van der Waals surface area contributed by atoms with Crippen LogP contribution in [-0.4, -0.2) is 22.5 Å². The molecule has 1 aliphatic rings. The lowest BCUT2D eigenvalue weighted by Crippen LogP contribution is -2.04.